The summed E-state index contributed by atoms with van der Waals surface area (Å²) in [7, 11) is 1.77. The van der Waals surface area contributed by atoms with Gasteiger partial charge in [-0.25, -0.2) is 4.39 Å². The van der Waals surface area contributed by atoms with Crippen molar-refractivity contribution < 1.29 is 9.18 Å². The molecule has 0 aliphatic carbocycles. The zero-order valence-electron chi connectivity index (χ0n) is 17.9. The number of nitrogens with zero attached hydrogens (tertiary/aromatic N) is 4. The van der Waals surface area contributed by atoms with Gasteiger partial charge in [0.1, 0.15) is 22.1 Å². The van der Waals surface area contributed by atoms with E-state index in [1.54, 1.807) is 42.3 Å². The standard InChI is InChI=1S/C25H19FN4O2S/c1-3-17-8-4-7-11-21(17)30-24(32)22(12-16-14-28-29(2)15-16)33-25(30)19(13-27)23(31)18-9-5-6-10-20(18)26/h4-12,14-15H,3H2,1-2H3. The lowest BCUT2D eigenvalue weighted by atomic mass is 10.0. The normalized spacial score (nSPS) is 12.5. The summed E-state index contributed by atoms with van der Waals surface area (Å²) < 4.78 is 17.8. The van der Waals surface area contributed by atoms with Gasteiger partial charge in [-0.1, -0.05) is 37.3 Å². The van der Waals surface area contributed by atoms with Gasteiger partial charge in [-0.3, -0.25) is 18.8 Å². The van der Waals surface area contributed by atoms with Gasteiger partial charge in [-0.2, -0.15) is 10.4 Å². The summed E-state index contributed by atoms with van der Waals surface area (Å²) in [4.78, 5) is 26.7. The maximum Gasteiger partial charge on any atom is 0.273 e. The van der Waals surface area contributed by atoms with Crippen LogP contribution in [-0.4, -0.2) is 20.1 Å². The molecule has 0 N–H and O–H groups in total. The fourth-order valence-electron chi connectivity index (χ4n) is 3.54. The number of hydrogen-bond donors (Lipinski definition) is 0. The number of Topliss-reactive ketones (excluding diaryl/α,β-unsaturated/α-hetero) is 1. The van der Waals surface area contributed by atoms with Crippen LogP contribution >= 0.6 is 11.3 Å². The van der Waals surface area contributed by atoms with Crippen LogP contribution in [0.2, 0.25) is 0 Å². The summed E-state index contributed by atoms with van der Waals surface area (Å²) in [5.74, 6) is -1.50. The van der Waals surface area contributed by atoms with Crippen LogP contribution < -0.4 is 14.8 Å². The van der Waals surface area contributed by atoms with Gasteiger partial charge in [0, 0.05) is 18.8 Å². The maximum atomic E-state index is 14.3. The lowest BCUT2D eigenvalue weighted by molar-refractivity contribution is 0.105. The molecule has 0 aliphatic rings. The van der Waals surface area contributed by atoms with Crippen molar-refractivity contribution in [2.45, 2.75) is 13.3 Å². The average molecular weight is 459 g/mol. The molecular weight excluding hydrogens is 439 g/mol. The van der Waals surface area contributed by atoms with E-state index < -0.39 is 11.6 Å². The Bertz CT molecular complexity index is 1590. The number of benzene rings is 2. The van der Waals surface area contributed by atoms with Crippen LogP contribution in [0.3, 0.4) is 0 Å². The number of carbonyl (C=O) groups is 1. The third-order valence-electron chi connectivity index (χ3n) is 5.13. The molecule has 2 heterocycles. The molecule has 0 unspecified atom stereocenters. The Kier molecular flexibility index (Phi) is 6.16. The van der Waals surface area contributed by atoms with Crippen LogP contribution in [0.4, 0.5) is 4.39 Å². The molecule has 2 aromatic heterocycles. The second-order valence-corrected chi connectivity index (χ2v) is 8.31. The SMILES string of the molecule is CCc1ccccc1-n1c(=C(C#N)C(=O)c2ccccc2F)sc(=Cc2cnn(C)c2)c1=O. The fraction of sp³-hybridized carbons (Fsp3) is 0.120. The van der Waals surface area contributed by atoms with E-state index in [1.807, 2.05) is 25.1 Å². The molecule has 0 amide bonds. The number of carbonyl (C=O) groups excluding carboxylic acids is 1. The van der Waals surface area contributed by atoms with Gasteiger partial charge in [0.15, 0.2) is 0 Å². The highest BCUT2D eigenvalue weighted by Gasteiger charge is 2.21. The number of aryl methyl sites for hydroxylation is 2. The van der Waals surface area contributed by atoms with E-state index in [0.29, 0.717) is 22.2 Å². The predicted octanol–water partition coefficient (Wildman–Crippen LogP) is 2.72. The summed E-state index contributed by atoms with van der Waals surface area (Å²) in [6, 6.07) is 14.7. The molecule has 164 valence electrons. The number of rotatable bonds is 5. The summed E-state index contributed by atoms with van der Waals surface area (Å²) in [6.07, 6.45) is 5.67. The number of hydrogen-bond acceptors (Lipinski definition) is 5. The summed E-state index contributed by atoms with van der Waals surface area (Å²) in [5, 5.41) is 14.0. The van der Waals surface area contributed by atoms with Crippen molar-refractivity contribution >= 4 is 28.8 Å². The molecule has 2 aromatic carbocycles. The van der Waals surface area contributed by atoms with Crippen molar-refractivity contribution in [2.75, 3.05) is 0 Å². The highest BCUT2D eigenvalue weighted by Crippen LogP contribution is 2.15. The molecule has 0 atom stereocenters. The Hall–Kier alpha value is -4.09. The lowest BCUT2D eigenvalue weighted by Gasteiger charge is -2.09. The molecular formula is C25H19FN4O2S. The van der Waals surface area contributed by atoms with Gasteiger partial charge in [0.2, 0.25) is 5.78 Å². The first-order chi connectivity index (χ1) is 15.9. The van der Waals surface area contributed by atoms with Gasteiger partial charge < -0.3 is 0 Å². The molecule has 33 heavy (non-hydrogen) atoms. The zero-order valence-corrected chi connectivity index (χ0v) is 18.8. The Morgan fingerprint density at radius 2 is 1.94 bits per heavy atom. The molecule has 0 saturated heterocycles. The maximum absolute atomic E-state index is 14.3. The Balaban J connectivity index is 2.11. The predicted molar refractivity (Wildman–Crippen MR) is 125 cm³/mol. The number of ketones is 1. The third kappa shape index (κ3) is 4.19. The van der Waals surface area contributed by atoms with Crippen LogP contribution in [0.1, 0.15) is 28.4 Å². The van der Waals surface area contributed by atoms with Gasteiger partial charge in [0.25, 0.3) is 5.56 Å². The Labute approximate surface area is 192 Å². The third-order valence-corrected chi connectivity index (χ3v) is 6.22. The molecule has 8 heteroatoms. The summed E-state index contributed by atoms with van der Waals surface area (Å²) in [5.41, 5.74) is 1.28. The van der Waals surface area contributed by atoms with Crippen molar-refractivity contribution in [1.82, 2.24) is 14.3 Å². The van der Waals surface area contributed by atoms with E-state index in [2.05, 4.69) is 5.10 Å². The molecule has 4 rings (SSSR count). The molecule has 0 fully saturated rings. The van der Waals surface area contributed by atoms with Crippen LogP contribution in [0.25, 0.3) is 17.3 Å². The van der Waals surface area contributed by atoms with Crippen molar-refractivity contribution in [3.63, 3.8) is 0 Å². The van der Waals surface area contributed by atoms with Crippen molar-refractivity contribution in [3.05, 3.63) is 103 Å². The molecule has 0 spiro atoms. The largest absolute Gasteiger partial charge is 0.288 e. The monoisotopic (exact) mass is 458 g/mol. The highest BCUT2D eigenvalue weighted by atomic mass is 32.1. The summed E-state index contributed by atoms with van der Waals surface area (Å²) in [6.45, 7) is 1.96. The van der Waals surface area contributed by atoms with Crippen LogP contribution in [-0.2, 0) is 13.5 Å². The Morgan fingerprint density at radius 1 is 1.21 bits per heavy atom. The molecule has 4 aromatic rings. The fourth-order valence-corrected chi connectivity index (χ4v) is 4.63. The minimum Gasteiger partial charge on any atom is -0.288 e. The van der Waals surface area contributed by atoms with Gasteiger partial charge >= 0.3 is 0 Å². The average Bonchev–Trinajstić information content (AvgIpc) is 3.37. The molecule has 6 nitrogen and oxygen atoms in total. The van der Waals surface area contributed by atoms with E-state index in [9.17, 15) is 19.2 Å². The van der Waals surface area contributed by atoms with Gasteiger partial charge in [0.05, 0.1) is 22.0 Å². The topological polar surface area (TPSA) is 80.7 Å². The molecule has 0 radical (unpaired) electrons. The first-order valence-corrected chi connectivity index (χ1v) is 11.0. The van der Waals surface area contributed by atoms with Crippen LogP contribution in [0.5, 0.6) is 0 Å². The van der Waals surface area contributed by atoms with Crippen molar-refractivity contribution in [1.29, 1.82) is 5.26 Å². The number of para-hydroxylation sites is 1. The second kappa shape index (κ2) is 9.18. The zero-order chi connectivity index (χ0) is 23.5. The van der Waals surface area contributed by atoms with Crippen LogP contribution in [0, 0.1) is 17.1 Å². The minimum atomic E-state index is -0.771. The van der Waals surface area contributed by atoms with E-state index >= 15 is 0 Å². The number of thiazole rings is 1. The quantitative estimate of drug-likeness (QED) is 0.431. The smallest absolute Gasteiger partial charge is 0.273 e. The molecule has 0 bridgehead atoms. The van der Waals surface area contributed by atoms with Gasteiger partial charge in [-0.05, 0) is 36.3 Å². The first kappa shape index (κ1) is 22.1. The number of aromatic nitrogens is 3. The van der Waals surface area contributed by atoms with Gasteiger partial charge in [-0.15, -0.1) is 11.3 Å². The van der Waals surface area contributed by atoms with E-state index in [4.69, 9.17) is 0 Å². The van der Waals surface area contributed by atoms with Crippen molar-refractivity contribution in [2.24, 2.45) is 7.05 Å². The highest BCUT2D eigenvalue weighted by molar-refractivity contribution is 7.07. The second-order valence-electron chi connectivity index (χ2n) is 7.28. The summed E-state index contributed by atoms with van der Waals surface area (Å²) >= 11 is 1.02. The van der Waals surface area contributed by atoms with E-state index in [-0.39, 0.29) is 21.4 Å². The van der Waals surface area contributed by atoms with Crippen LogP contribution in [0.15, 0.2) is 65.7 Å². The first-order valence-electron chi connectivity index (χ1n) is 10.2. The minimum absolute atomic E-state index is 0.159. The molecule has 0 aliphatic heterocycles. The Morgan fingerprint density at radius 3 is 2.61 bits per heavy atom. The molecule has 0 saturated carbocycles. The lowest BCUT2D eigenvalue weighted by Crippen LogP contribution is -2.32. The number of nitriles is 1. The van der Waals surface area contributed by atoms with Crippen molar-refractivity contribution in [3.8, 4) is 11.8 Å². The van der Waals surface area contributed by atoms with E-state index in [0.717, 1.165) is 23.0 Å². The number of halogens is 1. The van der Waals surface area contributed by atoms with E-state index in [1.165, 1.54) is 22.8 Å².